The van der Waals surface area contributed by atoms with Gasteiger partial charge in [-0.2, -0.15) is 0 Å². The van der Waals surface area contributed by atoms with Crippen LogP contribution in [-0.4, -0.2) is 16.2 Å². The first-order valence-corrected chi connectivity index (χ1v) is 10.6. The van der Waals surface area contributed by atoms with Crippen LogP contribution >= 0.6 is 0 Å². The Morgan fingerprint density at radius 3 is 1.94 bits per heavy atom. The summed E-state index contributed by atoms with van der Waals surface area (Å²) < 4.78 is 5.78. The van der Waals surface area contributed by atoms with E-state index < -0.39 is 5.97 Å². The van der Waals surface area contributed by atoms with E-state index in [9.17, 15) is 15.0 Å². The fourth-order valence-electron chi connectivity index (χ4n) is 3.77. The van der Waals surface area contributed by atoms with Crippen LogP contribution in [0.15, 0.2) is 48.5 Å². The summed E-state index contributed by atoms with van der Waals surface area (Å²) in [6.07, 6.45) is 0. The fraction of sp³-hybridized carbons (Fsp3) is 0.296. The van der Waals surface area contributed by atoms with Crippen molar-refractivity contribution in [3.63, 3.8) is 0 Å². The second kappa shape index (κ2) is 8.84. The maximum absolute atomic E-state index is 13.2. The van der Waals surface area contributed by atoms with Crippen molar-refractivity contribution in [1.82, 2.24) is 0 Å². The first-order chi connectivity index (χ1) is 14.6. The van der Waals surface area contributed by atoms with Crippen LogP contribution in [0.3, 0.4) is 0 Å². The summed E-state index contributed by atoms with van der Waals surface area (Å²) in [7, 11) is 0. The Labute approximate surface area is 184 Å². The molecule has 0 aliphatic heterocycles. The van der Waals surface area contributed by atoms with Crippen molar-refractivity contribution in [2.45, 2.75) is 53.4 Å². The minimum atomic E-state index is -0.460. The molecule has 0 heterocycles. The number of aromatic hydroxyl groups is 2. The first-order valence-electron chi connectivity index (χ1n) is 10.6. The van der Waals surface area contributed by atoms with E-state index in [-0.39, 0.29) is 23.3 Å². The Morgan fingerprint density at radius 2 is 1.32 bits per heavy atom. The van der Waals surface area contributed by atoms with Gasteiger partial charge in [-0.05, 0) is 83.8 Å². The van der Waals surface area contributed by atoms with Crippen molar-refractivity contribution in [1.29, 1.82) is 0 Å². The third-order valence-corrected chi connectivity index (χ3v) is 5.58. The topological polar surface area (TPSA) is 66.8 Å². The summed E-state index contributed by atoms with van der Waals surface area (Å²) in [5, 5.41) is 20.5. The van der Waals surface area contributed by atoms with Crippen molar-refractivity contribution in [2.24, 2.45) is 0 Å². The van der Waals surface area contributed by atoms with Crippen molar-refractivity contribution >= 4 is 5.97 Å². The van der Waals surface area contributed by atoms with Gasteiger partial charge in [-0.15, -0.1) is 0 Å². The SMILES string of the molecule is Cc1cc(O)c(C(C)C)cc1OC(=O)c1ccccc1-c1cc(C(C)C)c(O)cc1C. The standard InChI is InChI=1S/C27H30O4/c1-15(2)21-13-23(17(5)11-24(21)28)19-9-7-8-10-20(19)27(30)31-26-14-22(16(3)4)25(29)12-18(26)6/h7-16,28-29H,1-6H3. The van der Waals surface area contributed by atoms with Crippen molar-refractivity contribution in [3.05, 3.63) is 76.3 Å². The first kappa shape index (κ1) is 22.4. The van der Waals surface area contributed by atoms with Gasteiger partial charge in [0.25, 0.3) is 0 Å². The van der Waals surface area contributed by atoms with Crippen molar-refractivity contribution < 1.29 is 19.7 Å². The lowest BCUT2D eigenvalue weighted by atomic mass is 9.91. The highest BCUT2D eigenvalue weighted by Crippen LogP contribution is 2.36. The maximum atomic E-state index is 13.2. The summed E-state index contributed by atoms with van der Waals surface area (Å²) in [5.41, 5.74) is 5.23. The van der Waals surface area contributed by atoms with Crippen LogP contribution in [0.1, 0.15) is 72.1 Å². The highest BCUT2D eigenvalue weighted by Gasteiger charge is 2.20. The van der Waals surface area contributed by atoms with E-state index in [4.69, 9.17) is 4.74 Å². The van der Waals surface area contributed by atoms with Crippen LogP contribution < -0.4 is 4.74 Å². The summed E-state index contributed by atoms with van der Waals surface area (Å²) in [4.78, 5) is 13.2. The molecule has 3 rings (SSSR count). The molecule has 0 unspecified atom stereocenters. The Balaban J connectivity index is 2.05. The van der Waals surface area contributed by atoms with Crippen LogP contribution in [-0.2, 0) is 0 Å². The van der Waals surface area contributed by atoms with Crippen LogP contribution in [0, 0.1) is 13.8 Å². The second-order valence-corrected chi connectivity index (χ2v) is 8.65. The third kappa shape index (κ3) is 4.58. The summed E-state index contributed by atoms with van der Waals surface area (Å²) in [6, 6.07) is 14.4. The minimum absolute atomic E-state index is 0.0967. The number of hydrogen-bond acceptors (Lipinski definition) is 4. The molecule has 0 fully saturated rings. The highest BCUT2D eigenvalue weighted by atomic mass is 16.5. The van der Waals surface area contributed by atoms with Crippen molar-refractivity contribution in [3.8, 4) is 28.4 Å². The number of esters is 1. The Kier molecular flexibility index (Phi) is 6.40. The summed E-state index contributed by atoms with van der Waals surface area (Å²) in [5.74, 6) is 0.683. The highest BCUT2D eigenvalue weighted by molar-refractivity contribution is 5.99. The Morgan fingerprint density at radius 1 is 0.774 bits per heavy atom. The molecule has 0 atom stereocenters. The zero-order valence-corrected chi connectivity index (χ0v) is 19.0. The predicted octanol–water partition coefficient (Wildman–Crippen LogP) is 6.85. The molecular formula is C27H30O4. The van der Waals surface area contributed by atoms with Crippen LogP contribution in [0.25, 0.3) is 11.1 Å². The Bertz CT molecular complexity index is 1130. The van der Waals surface area contributed by atoms with Gasteiger partial charge in [0.05, 0.1) is 5.56 Å². The normalized spacial score (nSPS) is 11.2. The van der Waals surface area contributed by atoms with E-state index in [1.165, 1.54) is 0 Å². The molecule has 0 saturated carbocycles. The van der Waals surface area contributed by atoms with Gasteiger partial charge in [0.2, 0.25) is 0 Å². The minimum Gasteiger partial charge on any atom is -0.508 e. The van der Waals surface area contributed by atoms with Gasteiger partial charge in [0, 0.05) is 5.56 Å². The molecule has 0 spiro atoms. The average Bonchev–Trinajstić information content (AvgIpc) is 2.69. The molecular weight excluding hydrogens is 388 g/mol. The summed E-state index contributed by atoms with van der Waals surface area (Å²) in [6.45, 7) is 11.7. The number of benzene rings is 3. The summed E-state index contributed by atoms with van der Waals surface area (Å²) >= 11 is 0. The quantitative estimate of drug-likeness (QED) is 0.351. The molecule has 0 saturated heterocycles. The number of ether oxygens (including phenoxy) is 1. The van der Waals surface area contributed by atoms with Gasteiger partial charge in [-0.1, -0.05) is 45.9 Å². The smallest absolute Gasteiger partial charge is 0.344 e. The van der Waals surface area contributed by atoms with E-state index in [1.807, 2.05) is 58.9 Å². The zero-order chi connectivity index (χ0) is 22.9. The van der Waals surface area contributed by atoms with E-state index in [1.54, 1.807) is 31.2 Å². The predicted molar refractivity (Wildman–Crippen MR) is 124 cm³/mol. The number of phenols is 2. The number of phenolic OH excluding ortho intramolecular Hbond substituents is 2. The van der Waals surface area contributed by atoms with Gasteiger partial charge < -0.3 is 14.9 Å². The number of rotatable bonds is 5. The van der Waals surface area contributed by atoms with Crippen LogP contribution in [0.4, 0.5) is 0 Å². The van der Waals surface area contributed by atoms with Gasteiger partial charge in [0.1, 0.15) is 17.2 Å². The molecule has 3 aromatic carbocycles. The van der Waals surface area contributed by atoms with Gasteiger partial charge in [0.15, 0.2) is 0 Å². The molecule has 0 aromatic heterocycles. The number of hydrogen-bond donors (Lipinski definition) is 2. The van der Waals surface area contributed by atoms with E-state index in [0.29, 0.717) is 16.9 Å². The number of carbonyl (C=O) groups is 1. The van der Waals surface area contributed by atoms with E-state index in [2.05, 4.69) is 0 Å². The molecule has 0 amide bonds. The Hall–Kier alpha value is -3.27. The lowest BCUT2D eigenvalue weighted by molar-refractivity contribution is 0.0734. The zero-order valence-electron chi connectivity index (χ0n) is 19.0. The molecule has 3 aromatic rings. The largest absolute Gasteiger partial charge is 0.508 e. The molecule has 0 radical (unpaired) electrons. The monoisotopic (exact) mass is 418 g/mol. The molecule has 2 N–H and O–H groups in total. The molecule has 0 aliphatic carbocycles. The number of carbonyl (C=O) groups excluding carboxylic acids is 1. The second-order valence-electron chi connectivity index (χ2n) is 8.65. The van der Waals surface area contributed by atoms with E-state index in [0.717, 1.165) is 27.8 Å². The maximum Gasteiger partial charge on any atom is 0.344 e. The molecule has 0 bridgehead atoms. The molecule has 4 heteroatoms. The third-order valence-electron chi connectivity index (χ3n) is 5.58. The fourth-order valence-corrected chi connectivity index (χ4v) is 3.77. The van der Waals surface area contributed by atoms with Gasteiger partial charge in [-0.25, -0.2) is 4.79 Å². The van der Waals surface area contributed by atoms with Crippen molar-refractivity contribution in [2.75, 3.05) is 0 Å². The van der Waals surface area contributed by atoms with Gasteiger partial charge in [-0.3, -0.25) is 0 Å². The van der Waals surface area contributed by atoms with Crippen LogP contribution in [0.2, 0.25) is 0 Å². The van der Waals surface area contributed by atoms with E-state index >= 15 is 0 Å². The van der Waals surface area contributed by atoms with Crippen LogP contribution in [0.5, 0.6) is 17.2 Å². The molecule has 0 aliphatic rings. The lowest BCUT2D eigenvalue weighted by Gasteiger charge is -2.17. The lowest BCUT2D eigenvalue weighted by Crippen LogP contribution is -2.11. The number of aryl methyl sites for hydroxylation is 2. The van der Waals surface area contributed by atoms with Gasteiger partial charge >= 0.3 is 5.97 Å². The average molecular weight is 419 g/mol. The molecule has 162 valence electrons. The molecule has 4 nitrogen and oxygen atoms in total. The molecule has 31 heavy (non-hydrogen) atoms.